The number of carbonyl (C=O) groups excluding carboxylic acids is 1. The number of aromatic nitrogens is 3. The number of carbonyl (C=O) groups is 1. The van der Waals surface area contributed by atoms with Crippen LogP contribution >= 0.6 is 0 Å². The smallest absolute Gasteiger partial charge is 0.315 e. The molecule has 0 bridgehead atoms. The topological polar surface area (TPSA) is 71.8 Å². The van der Waals surface area contributed by atoms with Gasteiger partial charge >= 0.3 is 6.03 Å². The maximum atomic E-state index is 12.3. The van der Waals surface area contributed by atoms with Crippen molar-refractivity contribution in [3.8, 4) is 0 Å². The van der Waals surface area contributed by atoms with E-state index in [1.807, 2.05) is 17.6 Å². The standard InChI is InChI=1S/C18H25N5O/c1-4-23-12-20-22-16(23)11-19-17(24)21-15-9-10-18(2,3)14-8-6-5-7-13(14)15/h5-8,12,15H,4,9-11H2,1-3H3,(H2,19,21,24). The maximum absolute atomic E-state index is 12.3. The quantitative estimate of drug-likeness (QED) is 0.907. The Bertz CT molecular complexity index is 722. The second-order valence-electron chi connectivity index (χ2n) is 6.92. The van der Waals surface area contributed by atoms with Gasteiger partial charge in [-0.3, -0.25) is 0 Å². The Balaban J connectivity index is 1.65. The van der Waals surface area contributed by atoms with Crippen molar-refractivity contribution in [1.29, 1.82) is 0 Å². The summed E-state index contributed by atoms with van der Waals surface area (Å²) in [7, 11) is 0. The lowest BCUT2D eigenvalue weighted by Gasteiger charge is -2.37. The molecule has 0 fully saturated rings. The third-order valence-electron chi connectivity index (χ3n) is 4.87. The molecule has 128 valence electrons. The minimum atomic E-state index is -0.167. The van der Waals surface area contributed by atoms with Gasteiger partial charge in [-0.2, -0.15) is 0 Å². The van der Waals surface area contributed by atoms with Gasteiger partial charge in [0.05, 0.1) is 12.6 Å². The zero-order valence-corrected chi connectivity index (χ0v) is 14.5. The molecule has 6 nitrogen and oxygen atoms in total. The van der Waals surface area contributed by atoms with Crippen molar-refractivity contribution >= 4 is 6.03 Å². The zero-order valence-electron chi connectivity index (χ0n) is 14.5. The lowest BCUT2D eigenvalue weighted by molar-refractivity contribution is 0.232. The molecule has 1 atom stereocenters. The van der Waals surface area contributed by atoms with Crippen molar-refractivity contribution in [1.82, 2.24) is 25.4 Å². The van der Waals surface area contributed by atoms with Crippen LogP contribution in [-0.2, 0) is 18.5 Å². The number of benzene rings is 1. The Labute approximate surface area is 142 Å². The molecule has 1 aliphatic rings. The van der Waals surface area contributed by atoms with Gasteiger partial charge in [-0.15, -0.1) is 10.2 Å². The van der Waals surface area contributed by atoms with E-state index in [4.69, 9.17) is 0 Å². The number of hydrogen-bond acceptors (Lipinski definition) is 3. The van der Waals surface area contributed by atoms with Crippen molar-refractivity contribution in [2.45, 2.75) is 58.2 Å². The summed E-state index contributed by atoms with van der Waals surface area (Å²) in [6, 6.07) is 8.29. The largest absolute Gasteiger partial charge is 0.331 e. The number of urea groups is 1. The van der Waals surface area contributed by atoms with Gasteiger partial charge in [-0.05, 0) is 36.3 Å². The average molecular weight is 327 g/mol. The van der Waals surface area contributed by atoms with Crippen LogP contribution in [-0.4, -0.2) is 20.8 Å². The van der Waals surface area contributed by atoms with Crippen LogP contribution in [0.25, 0.3) is 0 Å². The molecule has 1 aliphatic carbocycles. The monoisotopic (exact) mass is 327 g/mol. The summed E-state index contributed by atoms with van der Waals surface area (Å²) >= 11 is 0. The molecule has 2 aromatic rings. The van der Waals surface area contributed by atoms with Gasteiger partial charge in [-0.1, -0.05) is 38.1 Å². The first-order valence-electron chi connectivity index (χ1n) is 8.51. The summed E-state index contributed by atoms with van der Waals surface area (Å²) in [5, 5.41) is 13.9. The predicted molar refractivity (Wildman–Crippen MR) is 92.5 cm³/mol. The Morgan fingerprint density at radius 2 is 2.17 bits per heavy atom. The van der Waals surface area contributed by atoms with Crippen molar-refractivity contribution in [2.24, 2.45) is 0 Å². The van der Waals surface area contributed by atoms with Crippen LogP contribution in [0, 0.1) is 0 Å². The van der Waals surface area contributed by atoms with Crippen LogP contribution in [0.4, 0.5) is 4.79 Å². The summed E-state index contributed by atoms with van der Waals surface area (Å²) in [4.78, 5) is 12.3. The Morgan fingerprint density at radius 1 is 1.38 bits per heavy atom. The molecule has 0 radical (unpaired) electrons. The molecule has 0 saturated heterocycles. The van der Waals surface area contributed by atoms with Crippen molar-refractivity contribution < 1.29 is 4.79 Å². The van der Waals surface area contributed by atoms with Crippen molar-refractivity contribution in [3.63, 3.8) is 0 Å². The summed E-state index contributed by atoms with van der Waals surface area (Å²) in [5.41, 5.74) is 2.70. The van der Waals surface area contributed by atoms with Gasteiger partial charge in [-0.25, -0.2) is 4.79 Å². The molecule has 0 saturated carbocycles. The number of fused-ring (bicyclic) bond motifs is 1. The van der Waals surface area contributed by atoms with Crippen LogP contribution in [0.3, 0.4) is 0 Å². The summed E-state index contributed by atoms with van der Waals surface area (Å²) in [6.45, 7) is 7.71. The Kier molecular flexibility index (Phi) is 4.55. The van der Waals surface area contributed by atoms with Crippen LogP contribution in [0.2, 0.25) is 0 Å². The van der Waals surface area contributed by atoms with E-state index in [2.05, 4.69) is 52.9 Å². The lowest BCUT2D eigenvalue weighted by Crippen LogP contribution is -2.41. The van der Waals surface area contributed by atoms with E-state index in [1.54, 1.807) is 6.33 Å². The van der Waals surface area contributed by atoms with E-state index in [0.717, 1.165) is 25.2 Å². The first kappa shape index (κ1) is 16.5. The third kappa shape index (κ3) is 3.27. The predicted octanol–water partition coefficient (Wildman–Crippen LogP) is 2.91. The highest BCUT2D eigenvalue weighted by atomic mass is 16.2. The molecule has 24 heavy (non-hydrogen) atoms. The molecule has 2 N–H and O–H groups in total. The Hall–Kier alpha value is -2.37. The highest BCUT2D eigenvalue weighted by Gasteiger charge is 2.32. The van der Waals surface area contributed by atoms with Crippen molar-refractivity contribution in [3.05, 3.63) is 47.5 Å². The van der Waals surface area contributed by atoms with Gasteiger partial charge in [0.25, 0.3) is 0 Å². The maximum Gasteiger partial charge on any atom is 0.315 e. The summed E-state index contributed by atoms with van der Waals surface area (Å²) < 4.78 is 1.92. The molecule has 0 aliphatic heterocycles. The fourth-order valence-corrected chi connectivity index (χ4v) is 3.41. The molecule has 3 rings (SSSR count). The second kappa shape index (κ2) is 6.63. The van der Waals surface area contributed by atoms with Crippen molar-refractivity contribution in [2.75, 3.05) is 0 Å². The fourth-order valence-electron chi connectivity index (χ4n) is 3.41. The summed E-state index contributed by atoms with van der Waals surface area (Å²) in [5.74, 6) is 0.762. The number of nitrogens with one attached hydrogen (secondary N) is 2. The molecule has 1 aromatic heterocycles. The van der Waals surface area contributed by atoms with Gasteiger partial charge in [0.1, 0.15) is 6.33 Å². The minimum Gasteiger partial charge on any atom is -0.331 e. The fraction of sp³-hybridized carbons (Fsp3) is 0.500. The average Bonchev–Trinajstić information content (AvgIpc) is 3.03. The number of amides is 2. The van der Waals surface area contributed by atoms with E-state index in [-0.39, 0.29) is 17.5 Å². The molecule has 1 aromatic carbocycles. The van der Waals surface area contributed by atoms with E-state index >= 15 is 0 Å². The second-order valence-corrected chi connectivity index (χ2v) is 6.92. The first-order chi connectivity index (χ1) is 11.5. The normalized spacial score (nSPS) is 18.7. The van der Waals surface area contributed by atoms with Crippen LogP contribution in [0.15, 0.2) is 30.6 Å². The van der Waals surface area contributed by atoms with E-state index in [9.17, 15) is 4.79 Å². The number of hydrogen-bond donors (Lipinski definition) is 2. The van der Waals surface area contributed by atoms with E-state index < -0.39 is 0 Å². The molecule has 0 spiro atoms. The molecule has 1 unspecified atom stereocenters. The van der Waals surface area contributed by atoms with Crippen LogP contribution < -0.4 is 10.6 Å². The SMILES string of the molecule is CCn1cnnc1CNC(=O)NC1CCC(C)(C)c2ccccc21. The van der Waals surface area contributed by atoms with Crippen LogP contribution in [0.5, 0.6) is 0 Å². The van der Waals surface area contributed by atoms with Gasteiger partial charge in [0, 0.05) is 6.54 Å². The molecule has 6 heteroatoms. The Morgan fingerprint density at radius 3 is 2.96 bits per heavy atom. The summed E-state index contributed by atoms with van der Waals surface area (Å²) in [6.07, 6.45) is 3.68. The van der Waals surface area contributed by atoms with Crippen LogP contribution in [0.1, 0.15) is 56.6 Å². The molecular weight excluding hydrogens is 302 g/mol. The lowest BCUT2D eigenvalue weighted by atomic mass is 9.71. The van der Waals surface area contributed by atoms with Gasteiger partial charge in [0.2, 0.25) is 0 Å². The molecular formula is C18H25N5O. The number of aryl methyl sites for hydroxylation is 1. The highest BCUT2D eigenvalue weighted by Crippen LogP contribution is 2.41. The van der Waals surface area contributed by atoms with Gasteiger partial charge in [0.15, 0.2) is 5.82 Å². The van der Waals surface area contributed by atoms with Gasteiger partial charge < -0.3 is 15.2 Å². The minimum absolute atomic E-state index is 0.0540. The third-order valence-corrected chi connectivity index (χ3v) is 4.87. The first-order valence-corrected chi connectivity index (χ1v) is 8.51. The highest BCUT2D eigenvalue weighted by molar-refractivity contribution is 5.74. The molecule has 2 amide bonds. The zero-order chi connectivity index (χ0) is 17.2. The van der Waals surface area contributed by atoms with E-state index in [1.165, 1.54) is 11.1 Å². The van der Waals surface area contributed by atoms with E-state index in [0.29, 0.717) is 6.54 Å². The number of rotatable bonds is 4. The molecule has 1 heterocycles. The number of nitrogens with zero attached hydrogens (tertiary/aromatic N) is 3.